The number of ether oxygens (including phenoxy) is 1. The fourth-order valence-corrected chi connectivity index (χ4v) is 5.46. The number of fused-ring (bicyclic) bond motifs is 1. The van der Waals surface area contributed by atoms with Gasteiger partial charge in [0.15, 0.2) is 5.16 Å². The summed E-state index contributed by atoms with van der Waals surface area (Å²) in [4.78, 5) is 44.1. The van der Waals surface area contributed by atoms with Crippen LogP contribution in [-0.2, 0) is 5.75 Å². The fourth-order valence-electron chi connectivity index (χ4n) is 4.50. The number of hydrogen-bond donors (Lipinski definition) is 0. The molecule has 4 aromatic rings. The zero-order chi connectivity index (χ0) is 26.6. The molecule has 3 aromatic carbocycles. The van der Waals surface area contributed by atoms with E-state index in [-0.39, 0.29) is 17.2 Å². The van der Waals surface area contributed by atoms with E-state index in [2.05, 4.69) is 0 Å². The highest BCUT2D eigenvalue weighted by molar-refractivity contribution is 7.98. The summed E-state index contributed by atoms with van der Waals surface area (Å²) in [5.74, 6) is 1.06. The maximum atomic E-state index is 13.7. The van der Waals surface area contributed by atoms with Crippen molar-refractivity contribution >= 4 is 34.3 Å². The van der Waals surface area contributed by atoms with E-state index in [0.29, 0.717) is 38.8 Å². The van der Waals surface area contributed by atoms with E-state index >= 15 is 0 Å². The van der Waals surface area contributed by atoms with Crippen LogP contribution in [0.25, 0.3) is 16.6 Å². The lowest BCUT2D eigenvalue weighted by atomic mass is 10.1. The van der Waals surface area contributed by atoms with Gasteiger partial charge in [0.1, 0.15) is 5.75 Å². The number of nitrogens with zero attached hydrogens (tertiary/aromatic N) is 4. The number of likely N-dealkylation sites (tertiary alicyclic amines) is 1. The summed E-state index contributed by atoms with van der Waals surface area (Å²) >= 11 is 1.35. The van der Waals surface area contributed by atoms with Crippen molar-refractivity contribution < 1.29 is 14.5 Å². The second-order valence-electron chi connectivity index (χ2n) is 9.03. The highest BCUT2D eigenvalue weighted by atomic mass is 32.2. The lowest BCUT2D eigenvalue weighted by molar-refractivity contribution is -0.384. The van der Waals surface area contributed by atoms with Gasteiger partial charge >= 0.3 is 0 Å². The number of nitro groups is 1. The molecule has 0 atom stereocenters. The van der Waals surface area contributed by atoms with Gasteiger partial charge in [0, 0.05) is 36.5 Å². The molecule has 38 heavy (non-hydrogen) atoms. The molecule has 0 spiro atoms. The average molecular weight is 531 g/mol. The number of carbonyl (C=O) groups is 1. The van der Waals surface area contributed by atoms with Gasteiger partial charge < -0.3 is 9.64 Å². The Balaban J connectivity index is 1.55. The van der Waals surface area contributed by atoms with Gasteiger partial charge in [-0.2, -0.15) is 0 Å². The summed E-state index contributed by atoms with van der Waals surface area (Å²) in [7, 11) is 1.58. The van der Waals surface area contributed by atoms with Gasteiger partial charge in [0.25, 0.3) is 17.2 Å². The van der Waals surface area contributed by atoms with Gasteiger partial charge in [-0.05, 0) is 67.3 Å². The number of methoxy groups -OCH3 is 1. The van der Waals surface area contributed by atoms with Crippen molar-refractivity contribution in [3.63, 3.8) is 0 Å². The third-order valence-electron chi connectivity index (χ3n) is 6.57. The van der Waals surface area contributed by atoms with Crippen LogP contribution in [0.5, 0.6) is 5.75 Å². The van der Waals surface area contributed by atoms with Crippen LogP contribution in [0.3, 0.4) is 0 Å². The van der Waals surface area contributed by atoms with Gasteiger partial charge in [-0.3, -0.25) is 24.3 Å². The van der Waals surface area contributed by atoms with Crippen molar-refractivity contribution in [2.75, 3.05) is 20.2 Å². The molecule has 1 fully saturated rings. The highest BCUT2D eigenvalue weighted by Crippen LogP contribution is 2.27. The smallest absolute Gasteiger partial charge is 0.269 e. The molecule has 0 radical (unpaired) electrons. The summed E-state index contributed by atoms with van der Waals surface area (Å²) in [5, 5.41) is 11.9. The Labute approximate surface area is 223 Å². The summed E-state index contributed by atoms with van der Waals surface area (Å²) < 4.78 is 6.81. The van der Waals surface area contributed by atoms with Crippen LogP contribution in [0.4, 0.5) is 5.69 Å². The SMILES string of the molecule is COc1ccc(-n2c(SCc3ccc([N+](=O)[O-])cc3)nc3cc(C(=O)N4CCCCC4)ccc3c2=O)cc1. The quantitative estimate of drug-likeness (QED) is 0.139. The lowest BCUT2D eigenvalue weighted by Crippen LogP contribution is -2.35. The minimum atomic E-state index is -0.439. The molecule has 5 rings (SSSR count). The van der Waals surface area contributed by atoms with Crippen molar-refractivity contribution in [3.05, 3.63) is 98.3 Å². The Hall–Kier alpha value is -4.18. The maximum Gasteiger partial charge on any atom is 0.269 e. The topological polar surface area (TPSA) is 108 Å². The van der Waals surface area contributed by atoms with E-state index in [1.165, 1.54) is 23.9 Å². The van der Waals surface area contributed by atoms with E-state index in [9.17, 15) is 19.7 Å². The minimum Gasteiger partial charge on any atom is -0.497 e. The summed E-state index contributed by atoms with van der Waals surface area (Å²) in [6.07, 6.45) is 3.12. The Morgan fingerprint density at radius 1 is 1.03 bits per heavy atom. The molecule has 0 aliphatic carbocycles. The van der Waals surface area contributed by atoms with Crippen LogP contribution in [0, 0.1) is 10.1 Å². The van der Waals surface area contributed by atoms with E-state index in [1.807, 2.05) is 4.90 Å². The average Bonchev–Trinajstić information content (AvgIpc) is 2.96. The number of benzene rings is 3. The Morgan fingerprint density at radius 2 is 1.74 bits per heavy atom. The number of amides is 1. The van der Waals surface area contributed by atoms with E-state index < -0.39 is 4.92 Å². The zero-order valence-electron chi connectivity index (χ0n) is 20.8. The number of carbonyl (C=O) groups excluding carboxylic acids is 1. The van der Waals surface area contributed by atoms with Crippen LogP contribution in [0.1, 0.15) is 35.2 Å². The first-order valence-electron chi connectivity index (χ1n) is 12.3. The molecule has 1 aromatic heterocycles. The Bertz CT molecular complexity index is 1550. The number of rotatable bonds is 7. The van der Waals surface area contributed by atoms with Crippen LogP contribution in [-0.4, -0.2) is 45.5 Å². The van der Waals surface area contributed by atoms with Crippen molar-refractivity contribution in [1.82, 2.24) is 14.5 Å². The first-order chi connectivity index (χ1) is 18.4. The number of thioether (sulfide) groups is 1. The molecule has 0 saturated carbocycles. The zero-order valence-corrected chi connectivity index (χ0v) is 21.6. The number of non-ortho nitro benzene ring substituents is 1. The monoisotopic (exact) mass is 530 g/mol. The van der Waals surface area contributed by atoms with Gasteiger partial charge in [0.05, 0.1) is 28.6 Å². The molecule has 0 unspecified atom stereocenters. The second-order valence-corrected chi connectivity index (χ2v) is 9.97. The van der Waals surface area contributed by atoms with Crippen LogP contribution in [0.2, 0.25) is 0 Å². The molecule has 194 valence electrons. The predicted molar refractivity (Wildman–Crippen MR) is 146 cm³/mol. The largest absolute Gasteiger partial charge is 0.497 e. The van der Waals surface area contributed by atoms with Crippen molar-refractivity contribution in [2.45, 2.75) is 30.2 Å². The molecule has 0 N–H and O–H groups in total. The van der Waals surface area contributed by atoms with Gasteiger partial charge in [-0.25, -0.2) is 4.98 Å². The third-order valence-corrected chi connectivity index (χ3v) is 7.58. The molecule has 2 heterocycles. The number of aromatic nitrogens is 2. The van der Waals surface area contributed by atoms with E-state index in [4.69, 9.17) is 9.72 Å². The first kappa shape index (κ1) is 25.5. The molecule has 1 aliphatic rings. The van der Waals surface area contributed by atoms with Crippen molar-refractivity contribution in [1.29, 1.82) is 0 Å². The molecular formula is C28H26N4O5S. The number of piperidine rings is 1. The Kier molecular flexibility index (Phi) is 7.41. The van der Waals surface area contributed by atoms with Crippen molar-refractivity contribution in [3.8, 4) is 11.4 Å². The predicted octanol–water partition coefficient (Wildman–Crippen LogP) is 5.22. The summed E-state index contributed by atoms with van der Waals surface area (Å²) in [5.41, 5.74) is 2.22. The number of nitro benzene ring substituents is 1. The molecule has 0 bridgehead atoms. The molecule has 1 aliphatic heterocycles. The maximum absolute atomic E-state index is 13.7. The van der Waals surface area contributed by atoms with Crippen LogP contribution in [0.15, 0.2) is 76.7 Å². The minimum absolute atomic E-state index is 0.0172. The summed E-state index contributed by atoms with van der Waals surface area (Å²) in [6, 6.07) is 18.5. The molecular weight excluding hydrogens is 504 g/mol. The van der Waals surface area contributed by atoms with Gasteiger partial charge in [0.2, 0.25) is 0 Å². The lowest BCUT2D eigenvalue weighted by Gasteiger charge is -2.26. The van der Waals surface area contributed by atoms with E-state index in [0.717, 1.165) is 37.9 Å². The first-order valence-corrected chi connectivity index (χ1v) is 13.3. The Morgan fingerprint density at radius 3 is 2.39 bits per heavy atom. The summed E-state index contributed by atoms with van der Waals surface area (Å²) in [6.45, 7) is 1.47. The van der Waals surface area contributed by atoms with Crippen molar-refractivity contribution in [2.24, 2.45) is 0 Å². The molecule has 10 heteroatoms. The van der Waals surface area contributed by atoms with E-state index in [1.54, 1.807) is 66.3 Å². The molecule has 1 amide bonds. The standard InChI is InChI=1S/C28H26N4O5S/c1-37-23-12-10-21(11-13-23)31-27(34)24-14-7-20(26(33)30-15-3-2-4-16-30)17-25(24)29-28(31)38-18-19-5-8-22(9-6-19)32(35)36/h5-14,17H,2-4,15-16,18H2,1H3. The second kappa shape index (κ2) is 11.1. The van der Waals surface area contributed by atoms with Gasteiger partial charge in [-0.1, -0.05) is 23.9 Å². The van der Waals surface area contributed by atoms with Crippen LogP contribution < -0.4 is 10.3 Å². The number of hydrogen-bond acceptors (Lipinski definition) is 7. The third kappa shape index (κ3) is 5.26. The van der Waals surface area contributed by atoms with Gasteiger partial charge in [-0.15, -0.1) is 0 Å². The van der Waals surface area contributed by atoms with Crippen LogP contribution >= 0.6 is 11.8 Å². The fraction of sp³-hybridized carbons (Fsp3) is 0.250. The normalized spacial score (nSPS) is 13.4. The highest BCUT2D eigenvalue weighted by Gasteiger charge is 2.20. The molecule has 9 nitrogen and oxygen atoms in total. The molecule has 1 saturated heterocycles.